The van der Waals surface area contributed by atoms with Gasteiger partial charge in [-0.2, -0.15) is 0 Å². The molecule has 1 N–H and O–H groups in total. The van der Waals surface area contributed by atoms with E-state index in [1.807, 2.05) is 36.4 Å². The van der Waals surface area contributed by atoms with Crippen LogP contribution in [0.4, 0.5) is 0 Å². The maximum Gasteiger partial charge on any atom is 0.124 e. The van der Waals surface area contributed by atoms with Gasteiger partial charge in [0, 0.05) is 34.2 Å². The Kier molecular flexibility index (Phi) is 7.38. The van der Waals surface area contributed by atoms with Crippen molar-refractivity contribution < 1.29 is 4.74 Å². The van der Waals surface area contributed by atoms with E-state index in [1.165, 1.54) is 24.9 Å². The number of likely N-dealkylation sites (N-methyl/N-ethyl adjacent to an activating group) is 1. The lowest BCUT2D eigenvalue weighted by Crippen LogP contribution is -2.37. The third kappa shape index (κ3) is 5.46. The van der Waals surface area contributed by atoms with Gasteiger partial charge in [0.15, 0.2) is 0 Å². The standard InChI is InChI=1S/C21H26BrClN2O/c1-2-25-11-3-4-20(25)14-24-13-17-12-18(22)7-10-21(17)26-15-16-5-8-19(23)9-6-16/h5-10,12,20,24H,2-4,11,13-15H2,1H3. The highest BCUT2D eigenvalue weighted by molar-refractivity contribution is 9.10. The molecular formula is C21H26BrClN2O. The molecule has 5 heteroatoms. The van der Waals surface area contributed by atoms with Crippen LogP contribution in [0.25, 0.3) is 0 Å². The summed E-state index contributed by atoms with van der Waals surface area (Å²) in [6, 6.07) is 14.6. The zero-order valence-electron chi connectivity index (χ0n) is 15.2. The minimum atomic E-state index is 0.540. The van der Waals surface area contributed by atoms with E-state index in [0.29, 0.717) is 12.6 Å². The fourth-order valence-electron chi connectivity index (χ4n) is 3.48. The van der Waals surface area contributed by atoms with Crippen molar-refractivity contribution in [3.63, 3.8) is 0 Å². The Morgan fingerprint density at radius 2 is 2.04 bits per heavy atom. The topological polar surface area (TPSA) is 24.5 Å². The summed E-state index contributed by atoms with van der Waals surface area (Å²) in [5.74, 6) is 0.925. The van der Waals surface area contributed by atoms with Crippen LogP contribution in [0.5, 0.6) is 5.75 Å². The number of nitrogens with one attached hydrogen (secondary N) is 1. The normalized spacial score (nSPS) is 17.6. The van der Waals surface area contributed by atoms with Crippen molar-refractivity contribution in [1.82, 2.24) is 10.2 Å². The first-order valence-corrected chi connectivity index (χ1v) is 10.4. The molecule has 2 aromatic carbocycles. The molecule has 140 valence electrons. The van der Waals surface area contributed by atoms with E-state index in [4.69, 9.17) is 16.3 Å². The summed E-state index contributed by atoms with van der Waals surface area (Å²) >= 11 is 9.52. The zero-order valence-corrected chi connectivity index (χ0v) is 17.5. The molecule has 26 heavy (non-hydrogen) atoms. The highest BCUT2D eigenvalue weighted by atomic mass is 79.9. The second-order valence-corrected chi connectivity index (χ2v) is 8.07. The molecule has 1 aliphatic rings. The summed E-state index contributed by atoms with van der Waals surface area (Å²) < 4.78 is 7.14. The minimum absolute atomic E-state index is 0.540. The molecule has 3 nitrogen and oxygen atoms in total. The van der Waals surface area contributed by atoms with Crippen molar-refractivity contribution in [3.8, 4) is 5.75 Å². The van der Waals surface area contributed by atoms with Crippen LogP contribution in [0.3, 0.4) is 0 Å². The van der Waals surface area contributed by atoms with E-state index in [9.17, 15) is 0 Å². The number of rotatable bonds is 8. The monoisotopic (exact) mass is 436 g/mol. The molecule has 3 rings (SSSR count). The fraction of sp³-hybridized carbons (Fsp3) is 0.429. The maximum atomic E-state index is 6.07. The molecule has 1 fully saturated rings. The summed E-state index contributed by atoms with van der Waals surface area (Å²) in [6.45, 7) is 6.99. The lowest BCUT2D eigenvalue weighted by atomic mass is 10.1. The molecular weight excluding hydrogens is 412 g/mol. The molecule has 1 atom stereocenters. The minimum Gasteiger partial charge on any atom is -0.489 e. The number of halogens is 2. The van der Waals surface area contributed by atoms with Crippen LogP contribution in [0.2, 0.25) is 5.02 Å². The molecule has 1 unspecified atom stereocenters. The smallest absolute Gasteiger partial charge is 0.124 e. The van der Waals surface area contributed by atoms with Crippen LogP contribution in [0.15, 0.2) is 46.9 Å². The Morgan fingerprint density at radius 1 is 1.23 bits per heavy atom. The van der Waals surface area contributed by atoms with Crippen molar-refractivity contribution in [1.29, 1.82) is 0 Å². The van der Waals surface area contributed by atoms with Crippen molar-refractivity contribution in [2.24, 2.45) is 0 Å². The van der Waals surface area contributed by atoms with Gasteiger partial charge in [0.05, 0.1) is 0 Å². The molecule has 0 amide bonds. The molecule has 0 aliphatic carbocycles. The summed E-state index contributed by atoms with van der Waals surface area (Å²) in [7, 11) is 0. The Bertz CT molecular complexity index is 708. The first kappa shape index (κ1) is 19.7. The van der Waals surface area contributed by atoms with Gasteiger partial charge in [-0.15, -0.1) is 0 Å². The second-order valence-electron chi connectivity index (χ2n) is 6.72. The molecule has 0 bridgehead atoms. The quantitative estimate of drug-likeness (QED) is 0.610. The van der Waals surface area contributed by atoms with Crippen LogP contribution in [0, 0.1) is 0 Å². The lowest BCUT2D eigenvalue weighted by Gasteiger charge is -2.23. The van der Waals surface area contributed by atoms with Gasteiger partial charge in [0.25, 0.3) is 0 Å². The molecule has 1 saturated heterocycles. The fourth-order valence-corrected chi connectivity index (χ4v) is 4.02. The average molecular weight is 438 g/mol. The summed E-state index contributed by atoms with van der Waals surface area (Å²) in [5, 5.41) is 4.37. The zero-order chi connectivity index (χ0) is 18.4. The van der Waals surface area contributed by atoms with E-state index in [0.717, 1.165) is 40.4 Å². The first-order chi connectivity index (χ1) is 12.7. The number of likely N-dealkylation sites (tertiary alicyclic amines) is 1. The van der Waals surface area contributed by atoms with E-state index < -0.39 is 0 Å². The number of ether oxygens (including phenoxy) is 1. The first-order valence-electron chi connectivity index (χ1n) is 9.26. The average Bonchev–Trinajstić information content (AvgIpc) is 3.10. The van der Waals surface area contributed by atoms with Crippen molar-refractivity contribution in [2.45, 2.75) is 39.0 Å². The van der Waals surface area contributed by atoms with E-state index in [2.05, 4.69) is 39.1 Å². The predicted octanol–water partition coefficient (Wildman–Crippen LogP) is 5.26. The van der Waals surface area contributed by atoms with Crippen LogP contribution in [-0.4, -0.2) is 30.6 Å². The third-order valence-corrected chi connectivity index (χ3v) is 5.68. The van der Waals surface area contributed by atoms with Gasteiger partial charge in [-0.05, 0) is 61.8 Å². The van der Waals surface area contributed by atoms with Crippen molar-refractivity contribution in [2.75, 3.05) is 19.6 Å². The molecule has 0 spiro atoms. The van der Waals surface area contributed by atoms with Crippen molar-refractivity contribution >= 4 is 27.5 Å². The number of hydrogen-bond donors (Lipinski definition) is 1. The Morgan fingerprint density at radius 3 is 2.81 bits per heavy atom. The molecule has 0 aromatic heterocycles. The SMILES string of the molecule is CCN1CCCC1CNCc1cc(Br)ccc1OCc1ccc(Cl)cc1. The van der Waals surface area contributed by atoms with Gasteiger partial charge < -0.3 is 10.1 Å². The van der Waals surface area contributed by atoms with Crippen LogP contribution < -0.4 is 10.1 Å². The van der Waals surface area contributed by atoms with Gasteiger partial charge in [-0.3, -0.25) is 4.90 Å². The Balaban J connectivity index is 1.57. The largest absolute Gasteiger partial charge is 0.489 e. The summed E-state index contributed by atoms with van der Waals surface area (Å²) in [4.78, 5) is 2.56. The number of hydrogen-bond acceptors (Lipinski definition) is 3. The number of benzene rings is 2. The van der Waals surface area contributed by atoms with Crippen LogP contribution >= 0.6 is 27.5 Å². The molecule has 1 heterocycles. The summed E-state index contributed by atoms with van der Waals surface area (Å²) in [5.41, 5.74) is 2.29. The Labute approximate surface area is 169 Å². The van der Waals surface area contributed by atoms with Gasteiger partial charge in [0.1, 0.15) is 12.4 Å². The van der Waals surface area contributed by atoms with Gasteiger partial charge in [0.2, 0.25) is 0 Å². The Hall–Kier alpha value is -1.07. The molecule has 0 radical (unpaired) electrons. The summed E-state index contributed by atoms with van der Waals surface area (Å²) in [6.07, 6.45) is 2.60. The maximum absolute atomic E-state index is 6.07. The highest BCUT2D eigenvalue weighted by Gasteiger charge is 2.22. The molecule has 2 aromatic rings. The third-order valence-electron chi connectivity index (χ3n) is 4.93. The highest BCUT2D eigenvalue weighted by Crippen LogP contribution is 2.25. The molecule has 0 saturated carbocycles. The van der Waals surface area contributed by atoms with Crippen molar-refractivity contribution in [3.05, 3.63) is 63.1 Å². The van der Waals surface area contributed by atoms with E-state index in [1.54, 1.807) is 0 Å². The van der Waals surface area contributed by atoms with Crippen LogP contribution in [-0.2, 0) is 13.2 Å². The van der Waals surface area contributed by atoms with Crippen LogP contribution in [0.1, 0.15) is 30.9 Å². The van der Waals surface area contributed by atoms with Gasteiger partial charge in [-0.1, -0.05) is 46.6 Å². The predicted molar refractivity (Wildman–Crippen MR) is 112 cm³/mol. The second kappa shape index (κ2) is 9.75. The van der Waals surface area contributed by atoms with E-state index >= 15 is 0 Å². The van der Waals surface area contributed by atoms with Gasteiger partial charge in [-0.25, -0.2) is 0 Å². The number of nitrogens with zero attached hydrogens (tertiary/aromatic N) is 1. The van der Waals surface area contributed by atoms with E-state index in [-0.39, 0.29) is 0 Å². The lowest BCUT2D eigenvalue weighted by molar-refractivity contribution is 0.259. The van der Waals surface area contributed by atoms with Gasteiger partial charge >= 0.3 is 0 Å². The molecule has 1 aliphatic heterocycles.